The summed E-state index contributed by atoms with van der Waals surface area (Å²) in [6.45, 7) is 8.43. The number of aryl methyl sites for hydroxylation is 2. The molecule has 0 aliphatic carbocycles. The second kappa shape index (κ2) is 8.89. The smallest absolute Gasteiger partial charge is 0.262 e. The Morgan fingerprint density at radius 3 is 2.71 bits per heavy atom. The van der Waals surface area contributed by atoms with Crippen molar-refractivity contribution in [3.63, 3.8) is 0 Å². The first-order chi connectivity index (χ1) is 15.0. The Kier molecular flexibility index (Phi) is 6.04. The third-order valence-electron chi connectivity index (χ3n) is 5.22. The summed E-state index contributed by atoms with van der Waals surface area (Å²) in [5, 5.41) is 9.87. The number of nitrogens with zero attached hydrogens (tertiary/aromatic N) is 3. The molecule has 0 saturated carbocycles. The number of anilines is 1. The molecule has 1 aliphatic heterocycles. The lowest BCUT2D eigenvalue weighted by Gasteiger charge is -2.18. The Morgan fingerprint density at radius 1 is 1.16 bits per heavy atom. The topological polar surface area (TPSA) is 68.0 Å². The van der Waals surface area contributed by atoms with Gasteiger partial charge in [-0.05, 0) is 56.5 Å². The molecular formula is C24H26N4O2S. The molecular weight excluding hydrogens is 408 g/mol. The Bertz CT molecular complexity index is 1230. The number of aromatic nitrogens is 1. The Labute approximate surface area is 185 Å². The van der Waals surface area contributed by atoms with Gasteiger partial charge in [0.05, 0.1) is 17.1 Å². The maximum atomic E-state index is 11.8. The van der Waals surface area contributed by atoms with Crippen LogP contribution in [0.15, 0.2) is 51.9 Å². The molecule has 0 spiro atoms. The molecule has 2 aromatic carbocycles. The largest absolute Gasteiger partial charge is 0.482 e. The lowest BCUT2D eigenvalue weighted by atomic mass is 10.1. The molecule has 1 amide bonds. The van der Waals surface area contributed by atoms with Crippen LogP contribution in [0.4, 0.5) is 11.4 Å². The SMILES string of the molecule is CCC(CC)=Nn1c(-c2ccc3c(c2)NC(=O)CO3)csc1=Nc1ccc(C)cc1C. The van der Waals surface area contributed by atoms with E-state index in [1.807, 2.05) is 28.9 Å². The normalized spacial score (nSPS) is 13.4. The number of rotatable bonds is 5. The monoisotopic (exact) mass is 434 g/mol. The summed E-state index contributed by atoms with van der Waals surface area (Å²) in [5.41, 5.74) is 6.92. The number of thiazole rings is 1. The highest BCUT2D eigenvalue weighted by molar-refractivity contribution is 7.07. The van der Waals surface area contributed by atoms with Gasteiger partial charge in [0.2, 0.25) is 4.80 Å². The van der Waals surface area contributed by atoms with E-state index < -0.39 is 0 Å². The van der Waals surface area contributed by atoms with E-state index in [9.17, 15) is 4.79 Å². The van der Waals surface area contributed by atoms with Crippen LogP contribution in [0.5, 0.6) is 5.75 Å². The first-order valence-corrected chi connectivity index (χ1v) is 11.3. The van der Waals surface area contributed by atoms with E-state index >= 15 is 0 Å². The molecule has 7 heteroatoms. The Hall–Kier alpha value is -3.19. The van der Waals surface area contributed by atoms with Gasteiger partial charge >= 0.3 is 0 Å². The molecule has 4 rings (SSSR count). The summed E-state index contributed by atoms with van der Waals surface area (Å²) in [7, 11) is 0. The minimum absolute atomic E-state index is 0.0460. The molecule has 6 nitrogen and oxygen atoms in total. The average molecular weight is 435 g/mol. The summed E-state index contributed by atoms with van der Waals surface area (Å²) in [6.07, 6.45) is 1.74. The first-order valence-electron chi connectivity index (χ1n) is 10.4. The number of carbonyl (C=O) groups is 1. The number of hydrogen-bond acceptors (Lipinski definition) is 5. The maximum Gasteiger partial charge on any atom is 0.262 e. The molecule has 1 N–H and O–H groups in total. The van der Waals surface area contributed by atoms with Gasteiger partial charge in [-0.25, -0.2) is 9.67 Å². The van der Waals surface area contributed by atoms with Crippen LogP contribution in [0.2, 0.25) is 0 Å². The van der Waals surface area contributed by atoms with E-state index in [1.165, 1.54) is 5.56 Å². The Balaban J connectivity index is 1.88. The van der Waals surface area contributed by atoms with Gasteiger partial charge in [-0.2, -0.15) is 5.10 Å². The van der Waals surface area contributed by atoms with E-state index in [0.717, 1.165) is 45.9 Å². The molecule has 0 radical (unpaired) electrons. The zero-order chi connectivity index (χ0) is 22.0. The maximum absolute atomic E-state index is 11.8. The zero-order valence-corrected chi connectivity index (χ0v) is 19.0. The molecule has 0 unspecified atom stereocenters. The van der Waals surface area contributed by atoms with E-state index in [2.05, 4.69) is 50.5 Å². The second-order valence-electron chi connectivity index (χ2n) is 7.54. The van der Waals surface area contributed by atoms with Crippen LogP contribution < -0.4 is 14.9 Å². The molecule has 0 fully saturated rings. The molecule has 0 saturated heterocycles. The quantitative estimate of drug-likeness (QED) is 0.545. The fraction of sp³-hybridized carbons (Fsp3) is 0.292. The highest BCUT2D eigenvalue weighted by Crippen LogP contribution is 2.33. The third-order valence-corrected chi connectivity index (χ3v) is 6.04. The minimum Gasteiger partial charge on any atom is -0.482 e. The van der Waals surface area contributed by atoms with E-state index in [4.69, 9.17) is 14.8 Å². The first kappa shape index (κ1) is 21.1. The van der Waals surface area contributed by atoms with Crippen LogP contribution in [0.3, 0.4) is 0 Å². The van der Waals surface area contributed by atoms with Crippen molar-refractivity contribution in [1.29, 1.82) is 0 Å². The third kappa shape index (κ3) is 4.46. The molecule has 160 valence electrons. The van der Waals surface area contributed by atoms with Crippen LogP contribution in [0.1, 0.15) is 37.8 Å². The van der Waals surface area contributed by atoms with Gasteiger partial charge in [-0.15, -0.1) is 11.3 Å². The fourth-order valence-electron chi connectivity index (χ4n) is 3.48. The predicted octanol–water partition coefficient (Wildman–Crippen LogP) is 5.42. The van der Waals surface area contributed by atoms with E-state index in [-0.39, 0.29) is 12.5 Å². The van der Waals surface area contributed by atoms with Gasteiger partial charge in [-0.1, -0.05) is 31.5 Å². The molecule has 31 heavy (non-hydrogen) atoms. The minimum atomic E-state index is -0.148. The number of benzene rings is 2. The van der Waals surface area contributed by atoms with Crippen molar-refractivity contribution in [2.75, 3.05) is 11.9 Å². The van der Waals surface area contributed by atoms with Crippen LogP contribution in [-0.2, 0) is 4.79 Å². The van der Waals surface area contributed by atoms with Crippen molar-refractivity contribution in [1.82, 2.24) is 4.68 Å². The standard InChI is InChI=1S/C24H26N4O2S/c1-5-18(6-2)27-28-21(17-8-10-22-20(12-17)25-23(29)13-30-22)14-31-24(28)26-19-9-7-15(3)11-16(19)4/h7-12,14H,5-6,13H2,1-4H3,(H,25,29). The molecule has 0 atom stereocenters. The van der Waals surface area contributed by atoms with Crippen molar-refractivity contribution >= 4 is 34.3 Å². The predicted molar refractivity (Wildman–Crippen MR) is 126 cm³/mol. The fourth-order valence-corrected chi connectivity index (χ4v) is 4.32. The van der Waals surface area contributed by atoms with Crippen molar-refractivity contribution in [3.05, 3.63) is 57.7 Å². The van der Waals surface area contributed by atoms with Gasteiger partial charge in [0.25, 0.3) is 5.91 Å². The second-order valence-corrected chi connectivity index (χ2v) is 8.37. The summed E-state index contributed by atoms with van der Waals surface area (Å²) in [4.78, 5) is 17.5. The van der Waals surface area contributed by atoms with Crippen molar-refractivity contribution in [2.45, 2.75) is 40.5 Å². The van der Waals surface area contributed by atoms with Crippen molar-refractivity contribution < 1.29 is 9.53 Å². The van der Waals surface area contributed by atoms with Crippen molar-refractivity contribution in [2.24, 2.45) is 10.1 Å². The molecule has 2 heterocycles. The average Bonchev–Trinajstić information content (AvgIpc) is 3.15. The number of hydrogen-bond donors (Lipinski definition) is 1. The van der Waals surface area contributed by atoms with Crippen molar-refractivity contribution in [3.8, 4) is 17.0 Å². The molecule has 0 bridgehead atoms. The van der Waals surface area contributed by atoms with Gasteiger partial charge in [0, 0.05) is 16.7 Å². The number of carbonyl (C=O) groups excluding carboxylic acids is 1. The lowest BCUT2D eigenvalue weighted by molar-refractivity contribution is -0.118. The summed E-state index contributed by atoms with van der Waals surface area (Å²) < 4.78 is 7.42. The van der Waals surface area contributed by atoms with Gasteiger partial charge in [-0.3, -0.25) is 4.79 Å². The van der Waals surface area contributed by atoms with Crippen LogP contribution in [0.25, 0.3) is 11.3 Å². The summed E-state index contributed by atoms with van der Waals surface area (Å²) in [6, 6.07) is 12.1. The zero-order valence-electron chi connectivity index (χ0n) is 18.2. The van der Waals surface area contributed by atoms with Crippen LogP contribution in [0, 0.1) is 13.8 Å². The Morgan fingerprint density at radius 2 is 1.97 bits per heavy atom. The molecule has 1 aliphatic rings. The number of fused-ring (bicyclic) bond motifs is 1. The van der Waals surface area contributed by atoms with Crippen LogP contribution in [-0.4, -0.2) is 22.9 Å². The lowest BCUT2D eigenvalue weighted by Crippen LogP contribution is -2.25. The van der Waals surface area contributed by atoms with Crippen LogP contribution >= 0.6 is 11.3 Å². The molecule has 1 aromatic heterocycles. The van der Waals surface area contributed by atoms with Gasteiger partial charge in [0.15, 0.2) is 6.61 Å². The number of amides is 1. The highest BCUT2D eigenvalue weighted by Gasteiger charge is 2.18. The highest BCUT2D eigenvalue weighted by atomic mass is 32.1. The summed E-state index contributed by atoms with van der Waals surface area (Å²) >= 11 is 1.55. The van der Waals surface area contributed by atoms with Gasteiger partial charge < -0.3 is 10.1 Å². The van der Waals surface area contributed by atoms with E-state index in [0.29, 0.717) is 11.4 Å². The summed E-state index contributed by atoms with van der Waals surface area (Å²) in [5.74, 6) is 0.530. The molecule has 3 aromatic rings. The number of nitrogens with one attached hydrogen (secondary N) is 1. The number of ether oxygens (including phenoxy) is 1. The van der Waals surface area contributed by atoms with Gasteiger partial charge in [0.1, 0.15) is 5.75 Å². The van der Waals surface area contributed by atoms with E-state index in [1.54, 1.807) is 11.3 Å².